The van der Waals surface area contributed by atoms with E-state index in [-0.39, 0.29) is 5.41 Å². The van der Waals surface area contributed by atoms with Crippen LogP contribution in [0.25, 0.3) is 0 Å². The van der Waals surface area contributed by atoms with Gasteiger partial charge in [-0.15, -0.1) is 0 Å². The van der Waals surface area contributed by atoms with Crippen molar-refractivity contribution in [1.29, 1.82) is 0 Å². The average Bonchev–Trinajstić information content (AvgIpc) is 3.20. The van der Waals surface area contributed by atoms with Crippen LogP contribution in [0, 0.1) is 25.2 Å². The molecule has 2 aromatic rings. The Labute approximate surface area is 141 Å². The summed E-state index contributed by atoms with van der Waals surface area (Å²) in [7, 11) is 0. The number of furan rings is 1. The van der Waals surface area contributed by atoms with Crippen LogP contribution in [0.4, 0.5) is 0 Å². The van der Waals surface area contributed by atoms with Crippen molar-refractivity contribution in [2.75, 3.05) is 32.9 Å². The molecule has 0 aromatic carbocycles. The second-order valence-electron chi connectivity index (χ2n) is 7.03. The van der Waals surface area contributed by atoms with Crippen LogP contribution in [0.15, 0.2) is 28.8 Å². The molecule has 0 spiro atoms. The first-order chi connectivity index (χ1) is 11.6. The van der Waals surface area contributed by atoms with E-state index in [4.69, 9.17) is 13.9 Å². The van der Waals surface area contributed by atoms with E-state index in [0.717, 1.165) is 50.1 Å². The maximum absolute atomic E-state index is 5.93. The zero-order valence-corrected chi connectivity index (χ0v) is 14.2. The fraction of sp³-hybridized carbons (Fsp3) is 0.556. The smallest absolute Gasteiger partial charge is 0.316 e. The third-order valence-corrected chi connectivity index (χ3v) is 5.03. The van der Waals surface area contributed by atoms with Gasteiger partial charge in [0.1, 0.15) is 18.1 Å². The molecule has 0 radical (unpaired) electrons. The molecule has 24 heavy (non-hydrogen) atoms. The van der Waals surface area contributed by atoms with E-state index in [9.17, 15) is 0 Å². The number of hydrogen-bond acceptors (Lipinski definition) is 6. The van der Waals surface area contributed by atoms with Crippen LogP contribution in [0.2, 0.25) is 0 Å². The molecule has 2 atom stereocenters. The maximum Gasteiger partial charge on any atom is 0.316 e. The lowest BCUT2D eigenvalue weighted by Crippen LogP contribution is -2.37. The molecule has 0 N–H and O–H groups in total. The van der Waals surface area contributed by atoms with Gasteiger partial charge in [-0.2, -0.15) is 0 Å². The second-order valence-corrected chi connectivity index (χ2v) is 7.03. The van der Waals surface area contributed by atoms with Crippen molar-refractivity contribution in [2.45, 2.75) is 20.4 Å². The minimum absolute atomic E-state index is 0.0226. The highest BCUT2D eigenvalue weighted by Crippen LogP contribution is 2.42. The summed E-state index contributed by atoms with van der Waals surface area (Å²) in [4.78, 5) is 11.0. The quantitative estimate of drug-likeness (QED) is 0.838. The Hall–Kier alpha value is -1.92. The molecule has 0 unspecified atom stereocenters. The first kappa shape index (κ1) is 15.6. The lowest BCUT2D eigenvalue weighted by Gasteiger charge is -2.26. The van der Waals surface area contributed by atoms with E-state index in [2.05, 4.69) is 20.9 Å². The van der Waals surface area contributed by atoms with Gasteiger partial charge in [-0.05, 0) is 32.0 Å². The topological polar surface area (TPSA) is 60.6 Å². The summed E-state index contributed by atoms with van der Waals surface area (Å²) in [5, 5.41) is 0. The number of hydrogen-bond donors (Lipinski definition) is 0. The van der Waals surface area contributed by atoms with E-state index >= 15 is 0 Å². The zero-order chi connectivity index (χ0) is 16.6. The Balaban J connectivity index is 1.42. The van der Waals surface area contributed by atoms with E-state index in [0.29, 0.717) is 18.5 Å². The van der Waals surface area contributed by atoms with Crippen molar-refractivity contribution in [1.82, 2.24) is 14.9 Å². The van der Waals surface area contributed by atoms with Crippen LogP contribution in [-0.4, -0.2) is 47.8 Å². The molecule has 0 bridgehead atoms. The van der Waals surface area contributed by atoms with Gasteiger partial charge in [0.05, 0.1) is 19.8 Å². The minimum Gasteiger partial charge on any atom is -0.465 e. The van der Waals surface area contributed by atoms with Crippen molar-refractivity contribution >= 4 is 0 Å². The summed E-state index contributed by atoms with van der Waals surface area (Å²) in [5.74, 6) is 2.47. The molecule has 0 amide bonds. The molecule has 0 aliphatic carbocycles. The zero-order valence-electron chi connectivity index (χ0n) is 14.2. The van der Waals surface area contributed by atoms with Gasteiger partial charge in [0.25, 0.3) is 0 Å². The van der Waals surface area contributed by atoms with Gasteiger partial charge in [-0.1, -0.05) is 0 Å². The maximum atomic E-state index is 5.93. The molecule has 4 rings (SSSR count). The molecular weight excluding hydrogens is 306 g/mol. The monoisotopic (exact) mass is 329 g/mol. The van der Waals surface area contributed by atoms with Gasteiger partial charge < -0.3 is 13.9 Å². The summed E-state index contributed by atoms with van der Waals surface area (Å²) >= 11 is 0. The fourth-order valence-corrected chi connectivity index (χ4v) is 3.76. The highest BCUT2D eigenvalue weighted by molar-refractivity contribution is 5.08. The molecule has 2 aliphatic heterocycles. The van der Waals surface area contributed by atoms with E-state index in [1.165, 1.54) is 0 Å². The third kappa shape index (κ3) is 3.03. The van der Waals surface area contributed by atoms with Gasteiger partial charge in [0, 0.05) is 36.3 Å². The number of nitrogens with zero attached hydrogens (tertiary/aromatic N) is 3. The van der Waals surface area contributed by atoms with Crippen LogP contribution in [-0.2, 0) is 11.3 Å². The summed E-state index contributed by atoms with van der Waals surface area (Å²) in [6, 6.07) is 6.40. The number of ether oxygens (including phenoxy) is 2. The Bertz CT molecular complexity index is 717. The standard InChI is InChI=1S/C18H23N3O3/c1-13-5-6-19-17(20-13)23-12-18-10-21(7-15(18)9-22-11-18)8-16-4-3-14(2)24-16/h3-6,15H,7-12H2,1-2H3/t15-,18+/m0/s1. The van der Waals surface area contributed by atoms with Crippen LogP contribution in [0.1, 0.15) is 17.2 Å². The summed E-state index contributed by atoms with van der Waals surface area (Å²) in [6.07, 6.45) is 1.73. The molecule has 2 saturated heterocycles. The van der Waals surface area contributed by atoms with Gasteiger partial charge in [-0.25, -0.2) is 9.97 Å². The van der Waals surface area contributed by atoms with Crippen molar-refractivity contribution < 1.29 is 13.9 Å². The first-order valence-electron chi connectivity index (χ1n) is 8.41. The van der Waals surface area contributed by atoms with E-state index < -0.39 is 0 Å². The first-order valence-corrected chi connectivity index (χ1v) is 8.41. The van der Waals surface area contributed by atoms with Gasteiger partial charge >= 0.3 is 6.01 Å². The van der Waals surface area contributed by atoms with Crippen LogP contribution < -0.4 is 4.74 Å². The normalized spacial score (nSPS) is 26.7. The highest BCUT2D eigenvalue weighted by Gasteiger charge is 2.51. The van der Waals surface area contributed by atoms with E-state index in [1.54, 1.807) is 6.20 Å². The molecule has 128 valence electrons. The van der Waals surface area contributed by atoms with Gasteiger partial charge in [-0.3, -0.25) is 4.90 Å². The Morgan fingerprint density at radius 1 is 1.33 bits per heavy atom. The van der Waals surface area contributed by atoms with Crippen molar-refractivity contribution in [2.24, 2.45) is 11.3 Å². The second kappa shape index (κ2) is 6.18. The van der Waals surface area contributed by atoms with Crippen LogP contribution in [0.3, 0.4) is 0 Å². The summed E-state index contributed by atoms with van der Waals surface area (Å²) in [6.45, 7) is 8.84. The molecule has 0 saturated carbocycles. The number of rotatable bonds is 5. The van der Waals surface area contributed by atoms with Crippen molar-refractivity contribution in [3.05, 3.63) is 41.6 Å². The number of aromatic nitrogens is 2. The van der Waals surface area contributed by atoms with Crippen molar-refractivity contribution in [3.63, 3.8) is 0 Å². The number of aryl methyl sites for hydroxylation is 2. The molecule has 4 heterocycles. The molecule has 6 nitrogen and oxygen atoms in total. The molecule has 2 aromatic heterocycles. The fourth-order valence-electron chi connectivity index (χ4n) is 3.76. The van der Waals surface area contributed by atoms with Gasteiger partial charge in [0.15, 0.2) is 0 Å². The largest absolute Gasteiger partial charge is 0.465 e. The van der Waals surface area contributed by atoms with Crippen LogP contribution in [0.5, 0.6) is 6.01 Å². The Kier molecular flexibility index (Phi) is 4.02. The predicted molar refractivity (Wildman–Crippen MR) is 87.7 cm³/mol. The number of likely N-dealkylation sites (tertiary alicyclic amines) is 1. The third-order valence-electron chi connectivity index (χ3n) is 5.03. The molecule has 2 aliphatic rings. The Morgan fingerprint density at radius 2 is 2.25 bits per heavy atom. The molecule has 6 heteroatoms. The Morgan fingerprint density at radius 3 is 3.04 bits per heavy atom. The lowest BCUT2D eigenvalue weighted by atomic mass is 9.82. The molecular formula is C18H23N3O3. The molecule has 2 fully saturated rings. The summed E-state index contributed by atoms with van der Waals surface area (Å²) in [5.41, 5.74) is 0.937. The van der Waals surface area contributed by atoms with Gasteiger partial charge in [0.2, 0.25) is 0 Å². The van der Waals surface area contributed by atoms with Crippen LogP contribution >= 0.6 is 0 Å². The van der Waals surface area contributed by atoms with Crippen molar-refractivity contribution in [3.8, 4) is 6.01 Å². The minimum atomic E-state index is 0.0226. The SMILES string of the molecule is Cc1ccnc(OC[C@@]23COC[C@@H]2CN(Cc2ccc(C)o2)C3)n1. The number of fused-ring (bicyclic) bond motifs is 1. The lowest BCUT2D eigenvalue weighted by molar-refractivity contribution is 0.0846. The average molecular weight is 329 g/mol. The van der Waals surface area contributed by atoms with E-state index in [1.807, 2.05) is 26.0 Å². The predicted octanol–water partition coefficient (Wildman–Crippen LogP) is 2.21. The summed E-state index contributed by atoms with van der Waals surface area (Å²) < 4.78 is 17.4. The highest BCUT2D eigenvalue weighted by atomic mass is 16.5.